The molecule has 0 unspecified atom stereocenters. The highest BCUT2D eigenvalue weighted by Crippen LogP contribution is 2.24. The van der Waals surface area contributed by atoms with Crippen LogP contribution < -0.4 is 9.46 Å². The van der Waals surface area contributed by atoms with Gasteiger partial charge in [-0.3, -0.25) is 0 Å². The van der Waals surface area contributed by atoms with Crippen LogP contribution in [0, 0.1) is 5.92 Å². The van der Waals surface area contributed by atoms with Crippen LogP contribution in [0.2, 0.25) is 0 Å². The lowest BCUT2D eigenvalue weighted by molar-refractivity contribution is 0.267. The summed E-state index contributed by atoms with van der Waals surface area (Å²) in [6.45, 7) is 1.02. The summed E-state index contributed by atoms with van der Waals surface area (Å²) in [5, 5.41) is 0. The Morgan fingerprint density at radius 2 is 1.87 bits per heavy atom. The van der Waals surface area contributed by atoms with Crippen LogP contribution >= 0.6 is 0 Å². The van der Waals surface area contributed by atoms with Gasteiger partial charge in [0.15, 0.2) is 0 Å². The Balaban J connectivity index is 2.09. The minimum absolute atomic E-state index is 0.0218. The summed E-state index contributed by atoms with van der Waals surface area (Å²) in [5.41, 5.74) is 0. The highest BCUT2D eigenvalue weighted by atomic mass is 32.2. The van der Waals surface area contributed by atoms with Gasteiger partial charge in [0.05, 0.1) is 18.3 Å². The summed E-state index contributed by atoms with van der Waals surface area (Å²) in [4.78, 5) is 0.218. The van der Waals surface area contributed by atoms with Gasteiger partial charge in [-0.15, -0.1) is 0 Å². The lowest BCUT2D eigenvalue weighted by Crippen LogP contribution is -2.43. The molecule has 2 rings (SSSR count). The zero-order valence-electron chi connectivity index (χ0n) is 13.2. The molecule has 0 spiro atoms. The number of benzene rings is 1. The first kappa shape index (κ1) is 18.2. The van der Waals surface area contributed by atoms with Crippen LogP contribution in [0.15, 0.2) is 29.2 Å². The molecule has 23 heavy (non-hydrogen) atoms. The van der Waals surface area contributed by atoms with Gasteiger partial charge in [0.1, 0.15) is 5.75 Å². The molecule has 0 aromatic heterocycles. The summed E-state index contributed by atoms with van der Waals surface area (Å²) in [6, 6.07) is 6.26. The quantitative estimate of drug-likeness (QED) is 0.802. The van der Waals surface area contributed by atoms with Crippen molar-refractivity contribution < 1.29 is 21.6 Å². The zero-order valence-corrected chi connectivity index (χ0v) is 14.9. The van der Waals surface area contributed by atoms with Crippen molar-refractivity contribution in [3.8, 4) is 5.75 Å². The molecule has 0 bridgehead atoms. The maximum atomic E-state index is 12.7. The van der Waals surface area contributed by atoms with Gasteiger partial charge in [-0.25, -0.2) is 21.6 Å². The maximum absolute atomic E-state index is 12.7. The smallest absolute Gasteiger partial charge is 0.243 e. The van der Waals surface area contributed by atoms with Gasteiger partial charge in [0.2, 0.25) is 20.0 Å². The second-order valence-electron chi connectivity index (χ2n) is 5.67. The number of ether oxygens (including phenoxy) is 1. The zero-order chi connectivity index (χ0) is 17.1. The molecule has 7 nitrogen and oxygen atoms in total. The van der Waals surface area contributed by atoms with Crippen LogP contribution in [0.4, 0.5) is 0 Å². The molecule has 1 aliphatic heterocycles. The first-order valence-electron chi connectivity index (χ1n) is 7.31. The van der Waals surface area contributed by atoms with Crippen LogP contribution in [-0.2, 0) is 20.0 Å². The fourth-order valence-electron chi connectivity index (χ4n) is 2.58. The van der Waals surface area contributed by atoms with Crippen molar-refractivity contribution in [2.75, 3.05) is 33.0 Å². The first-order valence-corrected chi connectivity index (χ1v) is 10.6. The third-order valence-corrected chi connectivity index (χ3v) is 6.38. The van der Waals surface area contributed by atoms with E-state index in [4.69, 9.17) is 4.74 Å². The molecule has 1 atom stereocenters. The molecule has 1 N–H and O–H groups in total. The number of hydrogen-bond acceptors (Lipinski definition) is 5. The normalized spacial score (nSPS) is 20.3. The molecular formula is C14H22N2O5S2. The van der Waals surface area contributed by atoms with E-state index in [9.17, 15) is 16.8 Å². The van der Waals surface area contributed by atoms with E-state index in [2.05, 4.69) is 4.72 Å². The molecule has 1 aromatic rings. The predicted molar refractivity (Wildman–Crippen MR) is 87.3 cm³/mol. The van der Waals surface area contributed by atoms with Gasteiger partial charge in [-0.05, 0) is 43.0 Å². The van der Waals surface area contributed by atoms with E-state index in [1.165, 1.54) is 23.5 Å². The van der Waals surface area contributed by atoms with E-state index >= 15 is 0 Å². The minimum atomic E-state index is -3.57. The number of nitrogens with zero attached hydrogens (tertiary/aromatic N) is 1. The number of methoxy groups -OCH3 is 1. The van der Waals surface area contributed by atoms with Crippen molar-refractivity contribution in [1.29, 1.82) is 0 Å². The average Bonchev–Trinajstić information content (AvgIpc) is 2.52. The largest absolute Gasteiger partial charge is 0.497 e. The minimum Gasteiger partial charge on any atom is -0.497 e. The standard InChI is InChI=1S/C14H22N2O5S2/c1-21-13-5-7-14(8-6-13)23(19,20)16-9-3-4-12(11-16)10-15-22(2,17)18/h5-8,12,15H,3-4,9-11H2,1-2H3/t12-/m1/s1. The Morgan fingerprint density at radius 1 is 1.22 bits per heavy atom. The highest BCUT2D eigenvalue weighted by molar-refractivity contribution is 7.89. The van der Waals surface area contributed by atoms with Crippen molar-refractivity contribution in [3.05, 3.63) is 24.3 Å². The van der Waals surface area contributed by atoms with Crippen LogP contribution in [0.25, 0.3) is 0 Å². The Hall–Kier alpha value is -1.16. The molecule has 1 fully saturated rings. The number of piperidine rings is 1. The average molecular weight is 362 g/mol. The topological polar surface area (TPSA) is 92.8 Å². The van der Waals surface area contributed by atoms with Crippen LogP contribution in [0.5, 0.6) is 5.75 Å². The Kier molecular flexibility index (Phi) is 5.66. The monoisotopic (exact) mass is 362 g/mol. The van der Waals surface area contributed by atoms with Gasteiger partial charge in [-0.1, -0.05) is 0 Å². The van der Waals surface area contributed by atoms with Gasteiger partial charge in [0, 0.05) is 19.6 Å². The molecule has 1 aliphatic rings. The Labute approximate surface area is 137 Å². The third kappa shape index (κ3) is 4.90. The lowest BCUT2D eigenvalue weighted by Gasteiger charge is -2.31. The molecule has 1 aromatic carbocycles. The fourth-order valence-corrected chi connectivity index (χ4v) is 4.67. The maximum Gasteiger partial charge on any atom is 0.243 e. The molecule has 0 radical (unpaired) electrons. The van der Waals surface area contributed by atoms with Gasteiger partial charge in [0.25, 0.3) is 0 Å². The van der Waals surface area contributed by atoms with Crippen LogP contribution in [-0.4, -0.2) is 54.1 Å². The van der Waals surface area contributed by atoms with E-state index in [0.29, 0.717) is 25.3 Å². The summed E-state index contributed by atoms with van der Waals surface area (Å²) in [6.07, 6.45) is 2.62. The van der Waals surface area contributed by atoms with Gasteiger partial charge >= 0.3 is 0 Å². The van der Waals surface area contributed by atoms with Crippen molar-refractivity contribution >= 4 is 20.0 Å². The van der Waals surface area contributed by atoms with Crippen LogP contribution in [0.1, 0.15) is 12.8 Å². The summed E-state index contributed by atoms with van der Waals surface area (Å²) in [7, 11) is -5.32. The molecule has 1 saturated heterocycles. The van der Waals surface area contributed by atoms with E-state index in [-0.39, 0.29) is 17.4 Å². The molecule has 9 heteroatoms. The second kappa shape index (κ2) is 7.16. The lowest BCUT2D eigenvalue weighted by atomic mass is 10.0. The fraction of sp³-hybridized carbons (Fsp3) is 0.571. The molecule has 0 saturated carbocycles. The highest BCUT2D eigenvalue weighted by Gasteiger charge is 2.30. The number of nitrogens with one attached hydrogen (secondary N) is 1. The van der Waals surface area contributed by atoms with Crippen molar-refractivity contribution in [3.63, 3.8) is 0 Å². The second-order valence-corrected chi connectivity index (χ2v) is 9.44. The Bertz CT molecular complexity index is 729. The predicted octanol–water partition coefficient (Wildman–Crippen LogP) is 0.645. The van der Waals surface area contributed by atoms with Gasteiger partial charge in [-0.2, -0.15) is 4.31 Å². The molecule has 1 heterocycles. The van der Waals surface area contributed by atoms with Crippen molar-refractivity contribution in [2.45, 2.75) is 17.7 Å². The number of hydrogen-bond donors (Lipinski definition) is 1. The van der Waals surface area contributed by atoms with Crippen molar-refractivity contribution in [2.24, 2.45) is 5.92 Å². The molecule has 0 amide bonds. The van der Waals surface area contributed by atoms with E-state index < -0.39 is 20.0 Å². The SMILES string of the molecule is COc1ccc(S(=O)(=O)N2CCC[C@H](CNS(C)(=O)=O)C2)cc1. The summed E-state index contributed by atoms with van der Waals surface area (Å²) in [5.74, 6) is 0.573. The molecule has 0 aliphatic carbocycles. The van der Waals surface area contributed by atoms with E-state index in [1.807, 2.05) is 0 Å². The molecule has 130 valence electrons. The van der Waals surface area contributed by atoms with Crippen LogP contribution in [0.3, 0.4) is 0 Å². The number of sulfonamides is 2. The Morgan fingerprint density at radius 3 is 2.43 bits per heavy atom. The summed E-state index contributed by atoms with van der Waals surface area (Å²) >= 11 is 0. The van der Waals surface area contributed by atoms with Crippen molar-refractivity contribution in [1.82, 2.24) is 9.03 Å². The van der Waals surface area contributed by atoms with E-state index in [0.717, 1.165) is 12.7 Å². The van der Waals surface area contributed by atoms with Gasteiger partial charge < -0.3 is 4.74 Å². The summed E-state index contributed by atoms with van der Waals surface area (Å²) < 4.78 is 56.6. The first-order chi connectivity index (χ1) is 10.7. The molecular weight excluding hydrogens is 340 g/mol. The third-order valence-electron chi connectivity index (χ3n) is 3.81. The number of rotatable bonds is 6. The van der Waals surface area contributed by atoms with E-state index in [1.54, 1.807) is 12.1 Å².